The number of rotatable bonds is 6. The highest BCUT2D eigenvalue weighted by atomic mass is 16.5. The van der Waals surface area contributed by atoms with Crippen LogP contribution < -0.4 is 5.32 Å². The largest absolute Gasteiger partial charge is 0.464 e. The molecule has 0 aliphatic rings. The number of nitrogens with zero attached hydrogens (tertiary/aromatic N) is 2. The van der Waals surface area contributed by atoms with Crippen LogP contribution in [-0.4, -0.2) is 29.8 Å². The highest BCUT2D eigenvalue weighted by molar-refractivity contribution is 5.86. The standard InChI is InChI=1S/C16H19N3O2/c1-12(13-6-4-3-5-7-13)10-11-17-15-9-8-14(18-19-15)16(20)21-2/h3-9,12H,10-11H2,1-2H3,(H,17,19). The monoisotopic (exact) mass is 285 g/mol. The zero-order valence-corrected chi connectivity index (χ0v) is 12.2. The zero-order chi connectivity index (χ0) is 15.1. The number of aromatic nitrogens is 2. The molecule has 0 spiro atoms. The summed E-state index contributed by atoms with van der Waals surface area (Å²) in [5, 5.41) is 11.0. The molecular formula is C16H19N3O2. The molecule has 0 aliphatic heterocycles. The summed E-state index contributed by atoms with van der Waals surface area (Å²) >= 11 is 0. The van der Waals surface area contributed by atoms with Crippen molar-refractivity contribution in [2.75, 3.05) is 19.0 Å². The topological polar surface area (TPSA) is 64.1 Å². The summed E-state index contributed by atoms with van der Waals surface area (Å²) in [6, 6.07) is 13.7. The van der Waals surface area contributed by atoms with Crippen molar-refractivity contribution in [2.24, 2.45) is 0 Å². The van der Waals surface area contributed by atoms with E-state index in [1.54, 1.807) is 12.1 Å². The van der Waals surface area contributed by atoms with Gasteiger partial charge in [-0.25, -0.2) is 4.79 Å². The van der Waals surface area contributed by atoms with E-state index in [0.717, 1.165) is 13.0 Å². The van der Waals surface area contributed by atoms with E-state index >= 15 is 0 Å². The second kappa shape index (κ2) is 7.38. The van der Waals surface area contributed by atoms with Crippen molar-refractivity contribution in [3.8, 4) is 0 Å². The first-order valence-corrected chi connectivity index (χ1v) is 6.91. The van der Waals surface area contributed by atoms with E-state index in [2.05, 4.69) is 51.4 Å². The first-order valence-electron chi connectivity index (χ1n) is 6.91. The molecule has 0 amide bonds. The molecule has 110 valence electrons. The molecule has 0 aliphatic carbocycles. The Morgan fingerprint density at radius 2 is 1.95 bits per heavy atom. The lowest BCUT2D eigenvalue weighted by Crippen LogP contribution is -2.10. The number of anilines is 1. The number of nitrogens with one attached hydrogen (secondary N) is 1. The molecule has 1 aromatic carbocycles. The highest BCUT2D eigenvalue weighted by Gasteiger charge is 2.08. The van der Waals surface area contributed by atoms with E-state index in [-0.39, 0.29) is 5.69 Å². The molecule has 0 bridgehead atoms. The van der Waals surface area contributed by atoms with Crippen molar-refractivity contribution in [3.63, 3.8) is 0 Å². The van der Waals surface area contributed by atoms with Crippen molar-refractivity contribution in [2.45, 2.75) is 19.3 Å². The molecule has 5 heteroatoms. The van der Waals surface area contributed by atoms with Gasteiger partial charge in [-0.1, -0.05) is 37.3 Å². The van der Waals surface area contributed by atoms with E-state index in [1.807, 2.05) is 6.07 Å². The SMILES string of the molecule is COC(=O)c1ccc(NCCC(C)c2ccccc2)nn1. The maximum atomic E-state index is 11.2. The number of hydrogen-bond donors (Lipinski definition) is 1. The number of methoxy groups -OCH3 is 1. The van der Waals surface area contributed by atoms with Crippen molar-refractivity contribution in [1.29, 1.82) is 0 Å². The summed E-state index contributed by atoms with van der Waals surface area (Å²) in [5.41, 5.74) is 1.53. The number of esters is 1. The average Bonchev–Trinajstić information content (AvgIpc) is 2.55. The van der Waals surface area contributed by atoms with Crippen LogP contribution in [0.15, 0.2) is 42.5 Å². The summed E-state index contributed by atoms with van der Waals surface area (Å²) in [6.07, 6.45) is 0.991. The number of carbonyl (C=O) groups excluding carboxylic acids is 1. The average molecular weight is 285 g/mol. The van der Waals surface area contributed by atoms with Gasteiger partial charge in [-0.15, -0.1) is 10.2 Å². The van der Waals surface area contributed by atoms with Crippen LogP contribution in [0.2, 0.25) is 0 Å². The van der Waals surface area contributed by atoms with Crippen LogP contribution in [0.5, 0.6) is 0 Å². The van der Waals surface area contributed by atoms with E-state index in [0.29, 0.717) is 11.7 Å². The molecule has 1 heterocycles. The van der Waals surface area contributed by atoms with Gasteiger partial charge in [0.05, 0.1) is 7.11 Å². The molecular weight excluding hydrogens is 266 g/mol. The van der Waals surface area contributed by atoms with E-state index < -0.39 is 5.97 Å². The summed E-state index contributed by atoms with van der Waals surface area (Å²) in [5.74, 6) is 0.649. The van der Waals surface area contributed by atoms with Gasteiger partial charge in [0, 0.05) is 6.54 Å². The van der Waals surface area contributed by atoms with Crippen LogP contribution in [0.25, 0.3) is 0 Å². The molecule has 2 rings (SSSR count). The molecule has 1 aromatic heterocycles. The number of ether oxygens (including phenoxy) is 1. The van der Waals surface area contributed by atoms with Gasteiger partial charge in [0.2, 0.25) is 0 Å². The van der Waals surface area contributed by atoms with Crippen LogP contribution in [0.1, 0.15) is 35.3 Å². The first kappa shape index (κ1) is 15.0. The lowest BCUT2D eigenvalue weighted by molar-refractivity contribution is 0.0593. The van der Waals surface area contributed by atoms with Gasteiger partial charge in [-0.2, -0.15) is 0 Å². The summed E-state index contributed by atoms with van der Waals surface area (Å²) < 4.78 is 4.58. The van der Waals surface area contributed by atoms with Crippen LogP contribution >= 0.6 is 0 Å². The van der Waals surface area contributed by atoms with Crippen LogP contribution in [0.4, 0.5) is 5.82 Å². The van der Waals surface area contributed by atoms with Gasteiger partial charge in [-0.05, 0) is 30.0 Å². The Kier molecular flexibility index (Phi) is 5.26. The maximum Gasteiger partial charge on any atom is 0.358 e. The molecule has 0 radical (unpaired) electrons. The van der Waals surface area contributed by atoms with Gasteiger partial charge in [-0.3, -0.25) is 0 Å². The van der Waals surface area contributed by atoms with Crippen molar-refractivity contribution in [3.05, 3.63) is 53.7 Å². The highest BCUT2D eigenvalue weighted by Crippen LogP contribution is 2.18. The van der Waals surface area contributed by atoms with Gasteiger partial charge in [0.25, 0.3) is 0 Å². The smallest absolute Gasteiger partial charge is 0.358 e. The minimum atomic E-state index is -0.480. The third kappa shape index (κ3) is 4.27. The minimum absolute atomic E-state index is 0.209. The Morgan fingerprint density at radius 1 is 1.19 bits per heavy atom. The molecule has 1 atom stereocenters. The first-order chi connectivity index (χ1) is 10.2. The summed E-state index contributed by atoms with van der Waals surface area (Å²) in [6.45, 7) is 2.99. The fourth-order valence-corrected chi connectivity index (χ4v) is 2.00. The third-order valence-corrected chi connectivity index (χ3v) is 3.31. The number of carbonyl (C=O) groups is 1. The van der Waals surface area contributed by atoms with Crippen LogP contribution in [0.3, 0.4) is 0 Å². The van der Waals surface area contributed by atoms with Gasteiger partial charge < -0.3 is 10.1 Å². The lowest BCUT2D eigenvalue weighted by Gasteiger charge is -2.12. The van der Waals surface area contributed by atoms with E-state index in [1.165, 1.54) is 12.7 Å². The fraction of sp³-hybridized carbons (Fsp3) is 0.312. The van der Waals surface area contributed by atoms with Crippen LogP contribution in [0, 0.1) is 0 Å². The maximum absolute atomic E-state index is 11.2. The van der Waals surface area contributed by atoms with Crippen molar-refractivity contribution >= 4 is 11.8 Å². The fourth-order valence-electron chi connectivity index (χ4n) is 2.00. The minimum Gasteiger partial charge on any atom is -0.464 e. The Bertz CT molecular complexity index is 570. The van der Waals surface area contributed by atoms with Crippen molar-refractivity contribution < 1.29 is 9.53 Å². The van der Waals surface area contributed by atoms with E-state index in [4.69, 9.17) is 0 Å². The third-order valence-electron chi connectivity index (χ3n) is 3.31. The molecule has 2 aromatic rings. The van der Waals surface area contributed by atoms with Gasteiger partial charge >= 0.3 is 5.97 Å². The normalized spacial score (nSPS) is 11.7. The van der Waals surface area contributed by atoms with Gasteiger partial charge in [0.1, 0.15) is 5.82 Å². The molecule has 21 heavy (non-hydrogen) atoms. The number of hydrogen-bond acceptors (Lipinski definition) is 5. The Balaban J connectivity index is 1.82. The van der Waals surface area contributed by atoms with Crippen molar-refractivity contribution in [1.82, 2.24) is 10.2 Å². The summed E-state index contributed by atoms with van der Waals surface area (Å²) in [4.78, 5) is 11.2. The predicted molar refractivity (Wildman–Crippen MR) is 81.3 cm³/mol. The quantitative estimate of drug-likeness (QED) is 0.827. The molecule has 0 saturated heterocycles. The Morgan fingerprint density at radius 3 is 2.57 bits per heavy atom. The Labute approximate surface area is 124 Å². The van der Waals surface area contributed by atoms with Gasteiger partial charge in [0.15, 0.2) is 5.69 Å². The molecule has 0 saturated carbocycles. The molecule has 1 N–H and O–H groups in total. The predicted octanol–water partition coefficient (Wildman–Crippen LogP) is 2.87. The molecule has 5 nitrogen and oxygen atoms in total. The second-order valence-corrected chi connectivity index (χ2v) is 4.82. The van der Waals surface area contributed by atoms with Crippen LogP contribution in [-0.2, 0) is 4.74 Å². The Hall–Kier alpha value is -2.43. The zero-order valence-electron chi connectivity index (χ0n) is 12.2. The van der Waals surface area contributed by atoms with E-state index in [9.17, 15) is 4.79 Å². The number of benzene rings is 1. The second-order valence-electron chi connectivity index (χ2n) is 4.82. The molecule has 1 unspecified atom stereocenters. The summed E-state index contributed by atoms with van der Waals surface area (Å²) in [7, 11) is 1.32. The molecule has 0 fully saturated rings. The lowest BCUT2D eigenvalue weighted by atomic mass is 9.98.